The summed E-state index contributed by atoms with van der Waals surface area (Å²) in [5.74, 6) is 0.0360. The molecule has 1 amide bonds. The van der Waals surface area contributed by atoms with Crippen molar-refractivity contribution in [3.05, 3.63) is 11.6 Å². The van der Waals surface area contributed by atoms with E-state index in [9.17, 15) is 4.79 Å². The molecule has 0 aliphatic carbocycles. The van der Waals surface area contributed by atoms with E-state index in [2.05, 4.69) is 12.2 Å². The summed E-state index contributed by atoms with van der Waals surface area (Å²) in [6, 6.07) is 2.02. The molecule has 0 fully saturated rings. The number of aryl methyl sites for hydroxylation is 1. The Kier molecular flexibility index (Phi) is 4.63. The molecule has 0 aromatic carbocycles. The fraction of sp³-hybridized carbons (Fsp3) is 0.500. The van der Waals surface area contributed by atoms with Crippen molar-refractivity contribution in [3.63, 3.8) is 0 Å². The van der Waals surface area contributed by atoms with E-state index < -0.39 is 0 Å². The zero-order valence-corrected chi connectivity index (χ0v) is 11.1. The minimum absolute atomic E-state index is 0.0360. The quantitative estimate of drug-likeness (QED) is 0.825. The molecule has 0 radical (unpaired) electrons. The number of likely N-dealkylation sites (N-methyl/N-ethyl adjacent to an activating group) is 1. The average molecular weight is 244 g/mol. The van der Waals surface area contributed by atoms with E-state index in [0.29, 0.717) is 6.54 Å². The predicted octanol–water partition coefficient (Wildman–Crippen LogP) is 2.28. The molecule has 0 atom stereocenters. The van der Waals surface area contributed by atoms with Crippen molar-refractivity contribution in [2.75, 3.05) is 32.2 Å². The first kappa shape index (κ1) is 12.5. The van der Waals surface area contributed by atoms with Gasteiger partial charge in [-0.3, -0.25) is 4.79 Å². The third kappa shape index (κ3) is 3.85. The number of hydrogen-bond acceptors (Lipinski definition) is 4. The molecule has 0 bridgehead atoms. The highest BCUT2D eigenvalue weighted by Gasteiger charge is 2.08. The monoisotopic (exact) mass is 244 g/mol. The van der Waals surface area contributed by atoms with Crippen molar-refractivity contribution in [2.45, 2.75) is 11.1 Å². The number of nitrogens with zero attached hydrogens (tertiary/aromatic N) is 1. The highest BCUT2D eigenvalue weighted by Crippen LogP contribution is 2.33. The third-order valence-electron chi connectivity index (χ3n) is 1.78. The van der Waals surface area contributed by atoms with Crippen molar-refractivity contribution in [1.29, 1.82) is 0 Å². The highest BCUT2D eigenvalue weighted by molar-refractivity contribution is 8.00. The Morgan fingerprint density at radius 1 is 1.60 bits per heavy atom. The van der Waals surface area contributed by atoms with Gasteiger partial charge in [-0.25, -0.2) is 0 Å². The number of hydrogen-bond donors (Lipinski definition) is 1. The SMILES string of the molecule is CSc1sc(NC(=O)CN(C)C)cc1C. The topological polar surface area (TPSA) is 32.3 Å². The maximum Gasteiger partial charge on any atom is 0.239 e. The number of carbonyl (C=O) groups excluding carboxylic acids is 1. The normalized spacial score (nSPS) is 10.7. The number of rotatable bonds is 4. The van der Waals surface area contributed by atoms with Gasteiger partial charge in [0.1, 0.15) is 0 Å². The van der Waals surface area contributed by atoms with Crippen LogP contribution in [0.15, 0.2) is 10.3 Å². The summed E-state index contributed by atoms with van der Waals surface area (Å²) in [5, 5.41) is 3.83. The maximum atomic E-state index is 11.5. The molecule has 15 heavy (non-hydrogen) atoms. The number of nitrogens with one attached hydrogen (secondary N) is 1. The third-order valence-corrected chi connectivity index (χ3v) is 4.17. The Morgan fingerprint density at radius 3 is 2.73 bits per heavy atom. The van der Waals surface area contributed by atoms with Crippen molar-refractivity contribution in [1.82, 2.24) is 4.90 Å². The number of thioether (sulfide) groups is 1. The Bertz CT molecular complexity index is 347. The molecule has 5 heteroatoms. The average Bonchev–Trinajstić information content (AvgIpc) is 2.44. The van der Waals surface area contributed by atoms with Crippen LogP contribution in [0.2, 0.25) is 0 Å². The van der Waals surface area contributed by atoms with Gasteiger partial charge in [-0.2, -0.15) is 0 Å². The van der Waals surface area contributed by atoms with Gasteiger partial charge in [-0.15, -0.1) is 23.1 Å². The van der Waals surface area contributed by atoms with E-state index in [1.165, 1.54) is 9.77 Å². The van der Waals surface area contributed by atoms with Gasteiger partial charge in [0.25, 0.3) is 0 Å². The maximum absolute atomic E-state index is 11.5. The van der Waals surface area contributed by atoms with Gasteiger partial charge in [0.2, 0.25) is 5.91 Å². The molecule has 0 saturated heterocycles. The van der Waals surface area contributed by atoms with Crippen molar-refractivity contribution in [3.8, 4) is 0 Å². The fourth-order valence-corrected chi connectivity index (χ4v) is 3.00. The van der Waals surface area contributed by atoms with Gasteiger partial charge in [-0.05, 0) is 38.9 Å². The van der Waals surface area contributed by atoms with Crippen LogP contribution in [0, 0.1) is 6.92 Å². The second kappa shape index (κ2) is 5.53. The molecular formula is C10H16N2OS2. The zero-order chi connectivity index (χ0) is 11.4. The van der Waals surface area contributed by atoms with E-state index in [1.807, 2.05) is 31.3 Å². The smallest absolute Gasteiger partial charge is 0.239 e. The number of thiophene rings is 1. The summed E-state index contributed by atoms with van der Waals surface area (Å²) in [7, 11) is 3.76. The largest absolute Gasteiger partial charge is 0.317 e. The molecule has 3 nitrogen and oxygen atoms in total. The van der Waals surface area contributed by atoms with Gasteiger partial charge in [0, 0.05) is 0 Å². The second-order valence-electron chi connectivity index (χ2n) is 3.57. The molecular weight excluding hydrogens is 228 g/mol. The van der Waals surface area contributed by atoms with E-state index in [0.717, 1.165) is 5.00 Å². The number of amides is 1. The second-order valence-corrected chi connectivity index (χ2v) is 5.70. The van der Waals surface area contributed by atoms with E-state index in [1.54, 1.807) is 23.1 Å². The Balaban J connectivity index is 2.60. The molecule has 0 aliphatic heterocycles. The lowest BCUT2D eigenvalue weighted by Gasteiger charge is -2.08. The van der Waals surface area contributed by atoms with Gasteiger partial charge < -0.3 is 10.2 Å². The molecule has 0 saturated carbocycles. The Morgan fingerprint density at radius 2 is 2.27 bits per heavy atom. The molecule has 1 aromatic rings. The first-order valence-electron chi connectivity index (χ1n) is 4.62. The van der Waals surface area contributed by atoms with Crippen LogP contribution >= 0.6 is 23.1 Å². The van der Waals surface area contributed by atoms with Crippen LogP contribution in [-0.4, -0.2) is 37.7 Å². The van der Waals surface area contributed by atoms with Crippen LogP contribution in [0.25, 0.3) is 0 Å². The Labute approximate surface area is 98.9 Å². The van der Waals surface area contributed by atoms with Gasteiger partial charge in [-0.1, -0.05) is 0 Å². The van der Waals surface area contributed by atoms with Crippen LogP contribution in [0.4, 0.5) is 5.00 Å². The molecule has 84 valence electrons. The van der Waals surface area contributed by atoms with E-state index >= 15 is 0 Å². The fourth-order valence-electron chi connectivity index (χ4n) is 1.19. The molecule has 1 N–H and O–H groups in total. The number of anilines is 1. The van der Waals surface area contributed by atoms with Crippen LogP contribution in [0.1, 0.15) is 5.56 Å². The summed E-state index contributed by atoms with van der Waals surface area (Å²) >= 11 is 3.34. The van der Waals surface area contributed by atoms with Gasteiger partial charge >= 0.3 is 0 Å². The molecule has 0 aliphatic rings. The summed E-state index contributed by atoms with van der Waals surface area (Å²) in [6.07, 6.45) is 2.05. The Hall–Kier alpha value is -0.520. The van der Waals surface area contributed by atoms with E-state index in [4.69, 9.17) is 0 Å². The summed E-state index contributed by atoms with van der Waals surface area (Å²) in [6.45, 7) is 2.48. The summed E-state index contributed by atoms with van der Waals surface area (Å²) in [4.78, 5) is 13.3. The standard InChI is InChI=1S/C10H16N2OS2/c1-7-5-9(15-10(7)14-4)11-8(13)6-12(2)3/h5H,6H2,1-4H3,(H,11,13). The lowest BCUT2D eigenvalue weighted by molar-refractivity contribution is -0.116. The minimum Gasteiger partial charge on any atom is -0.317 e. The predicted molar refractivity (Wildman–Crippen MR) is 68.0 cm³/mol. The van der Waals surface area contributed by atoms with E-state index in [-0.39, 0.29) is 5.91 Å². The van der Waals surface area contributed by atoms with Crippen molar-refractivity contribution in [2.24, 2.45) is 0 Å². The highest BCUT2D eigenvalue weighted by atomic mass is 32.2. The van der Waals surface area contributed by atoms with Crippen LogP contribution < -0.4 is 5.32 Å². The van der Waals surface area contributed by atoms with Gasteiger partial charge in [0.15, 0.2) is 0 Å². The lowest BCUT2D eigenvalue weighted by atomic mass is 10.4. The molecule has 1 heterocycles. The van der Waals surface area contributed by atoms with Gasteiger partial charge in [0.05, 0.1) is 15.8 Å². The lowest BCUT2D eigenvalue weighted by Crippen LogP contribution is -2.26. The molecule has 1 aromatic heterocycles. The molecule has 0 spiro atoms. The minimum atomic E-state index is 0.0360. The first-order valence-corrected chi connectivity index (χ1v) is 6.66. The molecule has 1 rings (SSSR count). The summed E-state index contributed by atoms with van der Waals surface area (Å²) in [5.41, 5.74) is 1.23. The van der Waals surface area contributed by atoms with Crippen molar-refractivity contribution >= 4 is 34.0 Å². The van der Waals surface area contributed by atoms with Crippen LogP contribution in [0.3, 0.4) is 0 Å². The zero-order valence-electron chi connectivity index (χ0n) is 9.46. The number of carbonyl (C=O) groups is 1. The van der Waals surface area contributed by atoms with Crippen molar-refractivity contribution < 1.29 is 4.79 Å². The van der Waals surface area contributed by atoms with Crippen LogP contribution in [-0.2, 0) is 4.79 Å². The summed E-state index contributed by atoms with van der Waals surface area (Å²) < 4.78 is 1.26. The molecule has 0 unspecified atom stereocenters. The first-order chi connectivity index (χ1) is 7.02. The van der Waals surface area contributed by atoms with Crippen LogP contribution in [0.5, 0.6) is 0 Å².